The Morgan fingerprint density at radius 1 is 1.25 bits per heavy atom. The summed E-state index contributed by atoms with van der Waals surface area (Å²) in [6.07, 6.45) is 0. The third-order valence-corrected chi connectivity index (χ3v) is 3.22. The van der Waals surface area contributed by atoms with E-state index in [4.69, 9.17) is 16.9 Å². The number of anilines is 1. The minimum Gasteiger partial charge on any atom is -0.352 e. The Hall–Kier alpha value is -2.51. The van der Waals surface area contributed by atoms with Gasteiger partial charge in [0.1, 0.15) is 11.6 Å². The maximum Gasteiger partial charge on any atom is 0.201 e. The van der Waals surface area contributed by atoms with E-state index in [1.54, 1.807) is 6.07 Å². The van der Waals surface area contributed by atoms with Crippen molar-refractivity contribution in [3.8, 4) is 6.07 Å². The number of benzene rings is 2. The molecule has 0 aliphatic heterocycles. The summed E-state index contributed by atoms with van der Waals surface area (Å²) < 4.78 is 0. The molecular formula is C15H11ClN4. The van der Waals surface area contributed by atoms with Crippen molar-refractivity contribution < 1.29 is 0 Å². The molecule has 0 amide bonds. The predicted molar refractivity (Wildman–Crippen MR) is 79.6 cm³/mol. The summed E-state index contributed by atoms with van der Waals surface area (Å²) in [6.45, 7) is 0.613. The molecule has 0 atom stereocenters. The number of hydrogen-bond acceptors (Lipinski definition) is 3. The largest absolute Gasteiger partial charge is 0.352 e. The Bertz CT molecular complexity index is 801. The molecule has 0 radical (unpaired) electrons. The molecule has 3 aromatic rings. The Morgan fingerprint density at radius 3 is 2.90 bits per heavy atom. The molecule has 0 saturated heterocycles. The summed E-state index contributed by atoms with van der Waals surface area (Å²) in [5, 5.41) is 12.9. The quantitative estimate of drug-likeness (QED) is 0.770. The average Bonchev–Trinajstić information content (AvgIpc) is 2.88. The number of fused-ring (bicyclic) bond motifs is 1. The number of para-hydroxylation sites is 1. The van der Waals surface area contributed by atoms with Gasteiger partial charge in [0.15, 0.2) is 0 Å². The first-order chi connectivity index (χ1) is 9.76. The summed E-state index contributed by atoms with van der Waals surface area (Å²) in [5.41, 5.74) is 3.16. The number of halogens is 1. The third kappa shape index (κ3) is 2.44. The molecule has 98 valence electrons. The first kappa shape index (κ1) is 12.5. The molecule has 0 spiro atoms. The Labute approximate surface area is 121 Å². The van der Waals surface area contributed by atoms with Crippen LogP contribution in [0.2, 0.25) is 5.02 Å². The number of nitriles is 1. The number of aromatic amines is 1. The van der Waals surface area contributed by atoms with E-state index in [1.807, 2.05) is 36.4 Å². The van der Waals surface area contributed by atoms with E-state index >= 15 is 0 Å². The Balaban J connectivity index is 1.83. The van der Waals surface area contributed by atoms with Gasteiger partial charge in [-0.25, -0.2) is 4.98 Å². The fraction of sp³-hybridized carbons (Fsp3) is 0.0667. The average molecular weight is 283 g/mol. The normalized spacial score (nSPS) is 10.4. The number of imidazole rings is 1. The number of nitrogens with zero attached hydrogens (tertiary/aromatic N) is 2. The zero-order valence-corrected chi connectivity index (χ0v) is 11.3. The van der Waals surface area contributed by atoms with Gasteiger partial charge in [0.25, 0.3) is 0 Å². The highest BCUT2D eigenvalue weighted by atomic mass is 35.5. The minimum absolute atomic E-state index is 0.564. The number of H-pyrrole nitrogens is 1. The van der Waals surface area contributed by atoms with Crippen molar-refractivity contribution >= 4 is 28.6 Å². The standard InChI is InChI=1S/C15H11ClN4/c16-12-5-1-3-10(7-12)9-18-15-19-13-6-2-4-11(8-17)14(13)20-15/h1-7H,9H2,(H2,18,19,20). The lowest BCUT2D eigenvalue weighted by Gasteiger charge is -2.03. The van der Waals surface area contributed by atoms with Gasteiger partial charge in [-0.1, -0.05) is 29.8 Å². The van der Waals surface area contributed by atoms with Crippen LogP contribution in [0, 0.1) is 11.3 Å². The second-order valence-corrected chi connectivity index (χ2v) is 4.82. The predicted octanol–water partition coefficient (Wildman–Crippen LogP) is 3.70. The molecule has 1 heterocycles. The summed E-state index contributed by atoms with van der Waals surface area (Å²) in [4.78, 5) is 7.55. The number of hydrogen-bond donors (Lipinski definition) is 2. The summed E-state index contributed by atoms with van der Waals surface area (Å²) in [7, 11) is 0. The second-order valence-electron chi connectivity index (χ2n) is 4.38. The lowest BCUT2D eigenvalue weighted by molar-refractivity contribution is 1.10. The molecule has 0 bridgehead atoms. The van der Waals surface area contributed by atoms with Gasteiger partial charge in [0.2, 0.25) is 5.95 Å². The smallest absolute Gasteiger partial charge is 0.201 e. The van der Waals surface area contributed by atoms with Crippen LogP contribution in [-0.2, 0) is 6.54 Å². The molecule has 1 aromatic heterocycles. The molecule has 0 unspecified atom stereocenters. The number of aromatic nitrogens is 2. The van der Waals surface area contributed by atoms with Crippen LogP contribution in [0.1, 0.15) is 11.1 Å². The van der Waals surface area contributed by atoms with Crippen molar-refractivity contribution in [1.29, 1.82) is 5.26 Å². The SMILES string of the molecule is N#Cc1cccc2[nH]c(NCc3cccc(Cl)c3)nc12. The van der Waals surface area contributed by atoms with Crippen LogP contribution in [-0.4, -0.2) is 9.97 Å². The van der Waals surface area contributed by atoms with Gasteiger partial charge in [-0.15, -0.1) is 0 Å². The van der Waals surface area contributed by atoms with E-state index in [2.05, 4.69) is 21.4 Å². The third-order valence-electron chi connectivity index (χ3n) is 2.98. The van der Waals surface area contributed by atoms with E-state index in [0.717, 1.165) is 11.1 Å². The van der Waals surface area contributed by atoms with Gasteiger partial charge in [-0.2, -0.15) is 5.26 Å². The van der Waals surface area contributed by atoms with Crippen LogP contribution in [0.25, 0.3) is 11.0 Å². The van der Waals surface area contributed by atoms with E-state index in [0.29, 0.717) is 28.6 Å². The van der Waals surface area contributed by atoms with Gasteiger partial charge in [-0.3, -0.25) is 0 Å². The van der Waals surface area contributed by atoms with E-state index in [9.17, 15) is 0 Å². The van der Waals surface area contributed by atoms with Crippen LogP contribution < -0.4 is 5.32 Å². The molecule has 0 aliphatic rings. The lowest BCUT2D eigenvalue weighted by atomic mass is 10.2. The molecule has 0 fully saturated rings. The Morgan fingerprint density at radius 2 is 2.10 bits per heavy atom. The fourth-order valence-corrected chi connectivity index (χ4v) is 2.25. The molecule has 0 saturated carbocycles. The highest BCUT2D eigenvalue weighted by Gasteiger charge is 2.06. The Kier molecular flexibility index (Phi) is 3.28. The zero-order valence-electron chi connectivity index (χ0n) is 10.5. The van der Waals surface area contributed by atoms with Crippen LogP contribution in [0.5, 0.6) is 0 Å². The van der Waals surface area contributed by atoms with Crippen LogP contribution in [0.15, 0.2) is 42.5 Å². The first-order valence-corrected chi connectivity index (χ1v) is 6.51. The van der Waals surface area contributed by atoms with Crippen molar-refractivity contribution in [3.05, 3.63) is 58.6 Å². The lowest BCUT2D eigenvalue weighted by Crippen LogP contribution is -2.00. The molecule has 2 aromatic carbocycles. The highest BCUT2D eigenvalue weighted by Crippen LogP contribution is 2.18. The van der Waals surface area contributed by atoms with Crippen molar-refractivity contribution in [2.45, 2.75) is 6.54 Å². The molecule has 4 nitrogen and oxygen atoms in total. The van der Waals surface area contributed by atoms with Crippen molar-refractivity contribution in [2.24, 2.45) is 0 Å². The topological polar surface area (TPSA) is 64.5 Å². The highest BCUT2D eigenvalue weighted by molar-refractivity contribution is 6.30. The maximum atomic E-state index is 9.04. The maximum absolute atomic E-state index is 9.04. The summed E-state index contributed by atoms with van der Waals surface area (Å²) in [5.74, 6) is 0.641. The van der Waals surface area contributed by atoms with E-state index in [1.165, 1.54) is 0 Å². The molecule has 20 heavy (non-hydrogen) atoms. The van der Waals surface area contributed by atoms with Gasteiger partial charge in [-0.05, 0) is 29.8 Å². The molecule has 3 rings (SSSR count). The monoisotopic (exact) mass is 282 g/mol. The molecule has 0 aliphatic carbocycles. The second kappa shape index (κ2) is 5.24. The minimum atomic E-state index is 0.564. The zero-order chi connectivity index (χ0) is 13.9. The van der Waals surface area contributed by atoms with Crippen molar-refractivity contribution in [2.75, 3.05) is 5.32 Å². The van der Waals surface area contributed by atoms with Crippen LogP contribution in [0.3, 0.4) is 0 Å². The van der Waals surface area contributed by atoms with E-state index < -0.39 is 0 Å². The van der Waals surface area contributed by atoms with Gasteiger partial charge in [0.05, 0.1) is 11.1 Å². The van der Waals surface area contributed by atoms with Crippen molar-refractivity contribution in [3.63, 3.8) is 0 Å². The fourth-order valence-electron chi connectivity index (χ4n) is 2.04. The number of rotatable bonds is 3. The summed E-state index contributed by atoms with van der Waals surface area (Å²) >= 11 is 5.94. The van der Waals surface area contributed by atoms with E-state index in [-0.39, 0.29) is 0 Å². The van der Waals surface area contributed by atoms with Gasteiger partial charge >= 0.3 is 0 Å². The van der Waals surface area contributed by atoms with Crippen LogP contribution >= 0.6 is 11.6 Å². The van der Waals surface area contributed by atoms with Gasteiger partial charge < -0.3 is 10.3 Å². The van der Waals surface area contributed by atoms with Crippen LogP contribution in [0.4, 0.5) is 5.95 Å². The molecule has 2 N–H and O–H groups in total. The summed E-state index contributed by atoms with van der Waals surface area (Å²) in [6, 6.07) is 15.3. The number of nitrogens with one attached hydrogen (secondary N) is 2. The molecular weight excluding hydrogens is 272 g/mol. The van der Waals surface area contributed by atoms with Crippen molar-refractivity contribution in [1.82, 2.24) is 9.97 Å². The van der Waals surface area contributed by atoms with Gasteiger partial charge in [0, 0.05) is 11.6 Å². The molecule has 5 heteroatoms. The first-order valence-electron chi connectivity index (χ1n) is 6.13.